The first-order valence-corrected chi connectivity index (χ1v) is 10.9. The fraction of sp³-hybridized carbons (Fsp3) is 0.0476. The van der Waals surface area contributed by atoms with Gasteiger partial charge in [-0.2, -0.15) is 0 Å². The van der Waals surface area contributed by atoms with Crippen molar-refractivity contribution in [3.05, 3.63) is 76.9 Å². The van der Waals surface area contributed by atoms with Crippen LogP contribution in [-0.2, 0) is 9.59 Å². The van der Waals surface area contributed by atoms with Crippen LogP contribution in [0.2, 0.25) is 0 Å². The average Bonchev–Trinajstić information content (AvgIpc) is 3.19. The molecular weight excluding hydrogens is 451 g/mol. The first-order chi connectivity index (χ1) is 14.0. The van der Waals surface area contributed by atoms with E-state index in [0.717, 1.165) is 20.5 Å². The average molecular weight is 467 g/mol. The Morgan fingerprint density at radius 3 is 2.55 bits per heavy atom. The summed E-state index contributed by atoms with van der Waals surface area (Å²) in [6.45, 7) is 0. The standard InChI is InChI=1S/C21H16N4O2SSe/c1-24-20(27)16(19(26)23-21(24)28)13-15-10-11-18(29-15)25(14-7-3-2-4-8-14)17-9-5-6-12-22-17/h2-13H,1H3,(H,23,26,28)/b16-13+. The third-order valence-corrected chi connectivity index (χ3v) is 6.83. The van der Waals surface area contributed by atoms with E-state index in [1.54, 1.807) is 19.3 Å². The molecule has 6 nitrogen and oxygen atoms in total. The van der Waals surface area contributed by atoms with Gasteiger partial charge in [0, 0.05) is 0 Å². The molecule has 4 rings (SSSR count). The van der Waals surface area contributed by atoms with E-state index in [2.05, 4.69) is 15.2 Å². The number of aromatic nitrogens is 1. The SMILES string of the molecule is CN1C(=O)/C(=C/c2ccc(N(c3ccccc3)c3ccccn3)[se]2)C(=O)NC1=S. The van der Waals surface area contributed by atoms with Crippen LogP contribution < -0.4 is 10.2 Å². The van der Waals surface area contributed by atoms with Gasteiger partial charge >= 0.3 is 179 Å². The molecule has 2 aromatic heterocycles. The first-order valence-electron chi connectivity index (χ1n) is 8.76. The Bertz CT molecular complexity index is 1070. The third kappa shape index (κ3) is 3.91. The number of thiocarbonyl (C=S) groups is 1. The molecule has 29 heavy (non-hydrogen) atoms. The van der Waals surface area contributed by atoms with Crippen LogP contribution in [0.5, 0.6) is 0 Å². The van der Waals surface area contributed by atoms with Crippen LogP contribution in [0.3, 0.4) is 0 Å². The molecule has 0 bridgehead atoms. The fourth-order valence-electron chi connectivity index (χ4n) is 2.86. The number of para-hydroxylation sites is 1. The predicted octanol–water partition coefficient (Wildman–Crippen LogP) is 2.86. The van der Waals surface area contributed by atoms with E-state index in [4.69, 9.17) is 12.2 Å². The molecule has 1 fully saturated rings. The van der Waals surface area contributed by atoms with Gasteiger partial charge in [-0.25, -0.2) is 0 Å². The topological polar surface area (TPSA) is 65.5 Å². The Kier molecular flexibility index (Phi) is 5.40. The van der Waals surface area contributed by atoms with Crippen molar-refractivity contribution in [3.63, 3.8) is 0 Å². The fourth-order valence-corrected chi connectivity index (χ4v) is 5.10. The summed E-state index contributed by atoms with van der Waals surface area (Å²) < 4.78 is 1.98. The second kappa shape index (κ2) is 8.13. The number of benzene rings is 1. The van der Waals surface area contributed by atoms with Crippen molar-refractivity contribution in [1.29, 1.82) is 0 Å². The van der Waals surface area contributed by atoms with Gasteiger partial charge in [-0.1, -0.05) is 0 Å². The second-order valence-electron chi connectivity index (χ2n) is 6.22. The summed E-state index contributed by atoms with van der Waals surface area (Å²) in [7, 11) is 1.55. The Labute approximate surface area is 179 Å². The van der Waals surface area contributed by atoms with Crippen molar-refractivity contribution in [3.8, 4) is 0 Å². The quantitative estimate of drug-likeness (QED) is 0.277. The Balaban J connectivity index is 1.72. The van der Waals surface area contributed by atoms with Gasteiger partial charge in [0.25, 0.3) is 0 Å². The molecule has 144 valence electrons. The van der Waals surface area contributed by atoms with Crippen molar-refractivity contribution in [2.75, 3.05) is 11.9 Å². The molecule has 1 aliphatic heterocycles. The van der Waals surface area contributed by atoms with Crippen molar-refractivity contribution in [1.82, 2.24) is 15.2 Å². The number of likely N-dealkylation sites (N-methyl/N-ethyl adjacent to an activating group) is 1. The maximum absolute atomic E-state index is 12.4. The van der Waals surface area contributed by atoms with Crippen LogP contribution in [-0.4, -0.2) is 48.4 Å². The summed E-state index contributed by atoms with van der Waals surface area (Å²) in [5.74, 6) is -0.0490. The minimum atomic E-state index is -0.465. The van der Waals surface area contributed by atoms with Crippen molar-refractivity contribution in [2.24, 2.45) is 0 Å². The van der Waals surface area contributed by atoms with Gasteiger partial charge in [-0.3, -0.25) is 0 Å². The monoisotopic (exact) mass is 468 g/mol. The molecule has 1 aromatic carbocycles. The zero-order valence-corrected chi connectivity index (χ0v) is 17.9. The zero-order chi connectivity index (χ0) is 20.4. The number of carbonyl (C=O) groups excluding carboxylic acids is 2. The van der Waals surface area contributed by atoms with E-state index in [9.17, 15) is 9.59 Å². The molecule has 2 amide bonds. The van der Waals surface area contributed by atoms with Crippen LogP contribution in [0.1, 0.15) is 4.44 Å². The van der Waals surface area contributed by atoms with Crippen molar-refractivity contribution >= 4 is 65.8 Å². The van der Waals surface area contributed by atoms with E-state index < -0.39 is 11.8 Å². The van der Waals surface area contributed by atoms with Gasteiger partial charge in [0.2, 0.25) is 0 Å². The van der Waals surface area contributed by atoms with Crippen molar-refractivity contribution < 1.29 is 9.59 Å². The summed E-state index contributed by atoms with van der Waals surface area (Å²) in [5.41, 5.74) is 1.09. The molecule has 0 unspecified atom stereocenters. The molecule has 3 aromatic rings. The number of nitrogens with one attached hydrogen (secondary N) is 1. The Hall–Kier alpha value is -3.06. The molecule has 0 spiro atoms. The molecule has 0 radical (unpaired) electrons. The van der Waals surface area contributed by atoms with Crippen LogP contribution in [0.15, 0.2) is 72.4 Å². The molecule has 0 aliphatic carbocycles. The van der Waals surface area contributed by atoms with E-state index in [-0.39, 0.29) is 25.2 Å². The second-order valence-corrected chi connectivity index (χ2v) is 8.90. The molecule has 1 aliphatic rings. The van der Waals surface area contributed by atoms with E-state index in [1.165, 1.54) is 4.90 Å². The number of hydrogen-bond donors (Lipinski definition) is 1. The molecule has 0 atom stereocenters. The molecule has 1 N–H and O–H groups in total. The predicted molar refractivity (Wildman–Crippen MR) is 117 cm³/mol. The molecule has 3 heterocycles. The summed E-state index contributed by atoms with van der Waals surface area (Å²) in [6.07, 6.45) is 3.41. The number of anilines is 3. The van der Waals surface area contributed by atoms with E-state index in [1.807, 2.05) is 60.7 Å². The molecule has 8 heteroatoms. The number of nitrogens with zero attached hydrogens (tertiary/aromatic N) is 3. The maximum atomic E-state index is 12.4. The number of rotatable bonds is 4. The van der Waals surface area contributed by atoms with Crippen LogP contribution >= 0.6 is 12.2 Å². The van der Waals surface area contributed by atoms with Gasteiger partial charge in [-0.15, -0.1) is 0 Å². The minimum absolute atomic E-state index is 0.0907. The summed E-state index contributed by atoms with van der Waals surface area (Å²) >= 11 is 4.88. The zero-order valence-electron chi connectivity index (χ0n) is 15.4. The third-order valence-electron chi connectivity index (χ3n) is 4.32. The first kappa shape index (κ1) is 19.3. The number of hydrogen-bond acceptors (Lipinski definition) is 5. The van der Waals surface area contributed by atoms with E-state index >= 15 is 0 Å². The van der Waals surface area contributed by atoms with Crippen LogP contribution in [0.25, 0.3) is 6.08 Å². The van der Waals surface area contributed by atoms with Crippen molar-refractivity contribution in [2.45, 2.75) is 0 Å². The van der Waals surface area contributed by atoms with E-state index in [0.29, 0.717) is 0 Å². The summed E-state index contributed by atoms with van der Waals surface area (Å²) in [5, 5.41) is 2.66. The van der Waals surface area contributed by atoms with Crippen LogP contribution in [0, 0.1) is 0 Å². The Morgan fingerprint density at radius 2 is 1.83 bits per heavy atom. The summed E-state index contributed by atoms with van der Waals surface area (Å²) in [6, 6.07) is 19.7. The molecule has 0 saturated carbocycles. The number of carbonyl (C=O) groups is 2. The van der Waals surface area contributed by atoms with Gasteiger partial charge < -0.3 is 0 Å². The van der Waals surface area contributed by atoms with Gasteiger partial charge in [0.1, 0.15) is 0 Å². The van der Waals surface area contributed by atoms with Gasteiger partial charge in [0.15, 0.2) is 0 Å². The van der Waals surface area contributed by atoms with Gasteiger partial charge in [-0.05, 0) is 0 Å². The molecule has 1 saturated heterocycles. The molecular formula is C21H16N4O2SSe. The van der Waals surface area contributed by atoms with Crippen LogP contribution in [0.4, 0.5) is 16.1 Å². The normalized spacial score (nSPS) is 15.6. The summed E-state index contributed by atoms with van der Waals surface area (Å²) in [4.78, 5) is 32.5. The Morgan fingerprint density at radius 1 is 1.07 bits per heavy atom. The van der Waals surface area contributed by atoms with Gasteiger partial charge in [0.05, 0.1) is 0 Å². The number of pyridine rings is 1. The number of amides is 2.